The summed E-state index contributed by atoms with van der Waals surface area (Å²) in [6.07, 6.45) is 3.81. The molecule has 1 unspecified atom stereocenters. The van der Waals surface area contributed by atoms with Crippen molar-refractivity contribution < 1.29 is 19.4 Å². The standard InChI is InChI=1S/C17H23NO4/c1-3-4-11-22-15-9-5-13(6-10-15)16(19)18(14-7-8-14)12(2)17(20)21/h5-6,9-10,12,14H,3-4,7-8,11H2,1-2H3,(H,20,21). The minimum atomic E-state index is -0.972. The van der Waals surface area contributed by atoms with Crippen LogP contribution in [0.2, 0.25) is 0 Å². The van der Waals surface area contributed by atoms with Gasteiger partial charge in [-0.15, -0.1) is 0 Å². The molecule has 0 heterocycles. The molecule has 0 aliphatic heterocycles. The third-order valence-corrected chi connectivity index (χ3v) is 3.82. The third kappa shape index (κ3) is 4.00. The second-order valence-electron chi connectivity index (χ2n) is 5.68. The number of benzene rings is 1. The Morgan fingerprint density at radius 3 is 2.45 bits per heavy atom. The highest BCUT2D eigenvalue weighted by Gasteiger charge is 2.38. The van der Waals surface area contributed by atoms with Gasteiger partial charge in [-0.25, -0.2) is 4.79 Å². The molecule has 1 saturated carbocycles. The van der Waals surface area contributed by atoms with Crippen molar-refractivity contribution in [2.24, 2.45) is 0 Å². The van der Waals surface area contributed by atoms with Gasteiger partial charge in [0.05, 0.1) is 6.61 Å². The number of amides is 1. The van der Waals surface area contributed by atoms with E-state index in [1.54, 1.807) is 31.2 Å². The van der Waals surface area contributed by atoms with Crippen LogP contribution in [0.25, 0.3) is 0 Å². The van der Waals surface area contributed by atoms with Gasteiger partial charge in [-0.2, -0.15) is 0 Å². The minimum absolute atomic E-state index is 0.0547. The molecule has 1 amide bonds. The number of rotatable bonds is 8. The molecule has 0 saturated heterocycles. The highest BCUT2D eigenvalue weighted by molar-refractivity contribution is 5.97. The van der Waals surface area contributed by atoms with Gasteiger partial charge in [0, 0.05) is 11.6 Å². The minimum Gasteiger partial charge on any atom is -0.494 e. The zero-order valence-corrected chi connectivity index (χ0v) is 13.1. The second kappa shape index (κ2) is 7.29. The Balaban J connectivity index is 2.05. The quantitative estimate of drug-likeness (QED) is 0.750. The van der Waals surface area contributed by atoms with Gasteiger partial charge in [-0.05, 0) is 50.5 Å². The highest BCUT2D eigenvalue weighted by atomic mass is 16.5. The number of carbonyl (C=O) groups excluding carboxylic acids is 1. The van der Waals surface area contributed by atoms with Gasteiger partial charge in [0.15, 0.2) is 0 Å². The molecule has 1 aliphatic carbocycles. The third-order valence-electron chi connectivity index (χ3n) is 3.82. The molecular weight excluding hydrogens is 282 g/mol. The van der Waals surface area contributed by atoms with Crippen molar-refractivity contribution in [3.8, 4) is 5.75 Å². The first kappa shape index (κ1) is 16.3. The number of unbranched alkanes of at least 4 members (excludes halogenated alkanes) is 1. The van der Waals surface area contributed by atoms with Gasteiger partial charge in [0.25, 0.3) is 5.91 Å². The fourth-order valence-electron chi connectivity index (χ4n) is 2.31. The van der Waals surface area contributed by atoms with Crippen LogP contribution in [0.5, 0.6) is 5.75 Å². The van der Waals surface area contributed by atoms with E-state index in [1.165, 1.54) is 4.90 Å². The van der Waals surface area contributed by atoms with Crippen molar-refractivity contribution in [1.29, 1.82) is 0 Å². The number of carboxylic acids is 1. The van der Waals surface area contributed by atoms with E-state index in [4.69, 9.17) is 4.74 Å². The number of aliphatic carboxylic acids is 1. The van der Waals surface area contributed by atoms with Crippen molar-refractivity contribution in [2.45, 2.75) is 51.6 Å². The topological polar surface area (TPSA) is 66.8 Å². The van der Waals surface area contributed by atoms with E-state index in [9.17, 15) is 14.7 Å². The lowest BCUT2D eigenvalue weighted by molar-refractivity contribution is -0.141. The number of ether oxygens (including phenoxy) is 1. The van der Waals surface area contributed by atoms with E-state index in [0.717, 1.165) is 31.4 Å². The second-order valence-corrected chi connectivity index (χ2v) is 5.68. The number of nitrogens with zero attached hydrogens (tertiary/aromatic N) is 1. The summed E-state index contributed by atoms with van der Waals surface area (Å²) in [5.41, 5.74) is 0.503. The number of carbonyl (C=O) groups is 2. The van der Waals surface area contributed by atoms with Crippen LogP contribution < -0.4 is 4.74 Å². The monoisotopic (exact) mass is 305 g/mol. The van der Waals surface area contributed by atoms with Gasteiger partial charge in [-0.3, -0.25) is 4.79 Å². The molecule has 1 atom stereocenters. The zero-order valence-electron chi connectivity index (χ0n) is 13.1. The van der Waals surface area contributed by atoms with Gasteiger partial charge >= 0.3 is 5.97 Å². The number of hydrogen-bond donors (Lipinski definition) is 1. The molecule has 0 bridgehead atoms. The van der Waals surface area contributed by atoms with Crippen LogP contribution in [0, 0.1) is 0 Å². The smallest absolute Gasteiger partial charge is 0.326 e. The van der Waals surface area contributed by atoms with E-state index in [1.807, 2.05) is 0 Å². The summed E-state index contributed by atoms with van der Waals surface area (Å²) in [5, 5.41) is 9.18. The Hall–Kier alpha value is -2.04. The molecule has 0 radical (unpaired) electrons. The van der Waals surface area contributed by atoms with E-state index < -0.39 is 12.0 Å². The summed E-state index contributed by atoms with van der Waals surface area (Å²) in [4.78, 5) is 25.2. The summed E-state index contributed by atoms with van der Waals surface area (Å²) in [7, 11) is 0. The molecule has 120 valence electrons. The summed E-state index contributed by atoms with van der Waals surface area (Å²) in [6, 6.07) is 6.18. The number of carboxylic acid groups (broad SMARTS) is 1. The molecule has 22 heavy (non-hydrogen) atoms. The Kier molecular flexibility index (Phi) is 5.41. The molecule has 2 rings (SSSR count). The molecule has 0 spiro atoms. The molecule has 5 heteroatoms. The van der Waals surface area contributed by atoms with E-state index in [2.05, 4.69) is 6.92 Å². The molecule has 1 aromatic carbocycles. The molecule has 1 aromatic rings. The van der Waals surface area contributed by atoms with Gasteiger partial charge < -0.3 is 14.7 Å². The van der Waals surface area contributed by atoms with Crippen LogP contribution in [0.1, 0.15) is 49.9 Å². The van der Waals surface area contributed by atoms with Crippen molar-refractivity contribution in [1.82, 2.24) is 4.90 Å². The van der Waals surface area contributed by atoms with E-state index in [0.29, 0.717) is 12.2 Å². The van der Waals surface area contributed by atoms with Crippen LogP contribution >= 0.6 is 0 Å². The van der Waals surface area contributed by atoms with Gasteiger partial charge in [-0.1, -0.05) is 13.3 Å². The summed E-state index contributed by atoms with van der Waals surface area (Å²) < 4.78 is 5.57. The first-order chi connectivity index (χ1) is 10.5. The Morgan fingerprint density at radius 1 is 1.32 bits per heavy atom. The van der Waals surface area contributed by atoms with Gasteiger partial charge in [0.2, 0.25) is 0 Å². The fraction of sp³-hybridized carbons (Fsp3) is 0.529. The average Bonchev–Trinajstić information content (AvgIpc) is 3.33. The van der Waals surface area contributed by atoms with Gasteiger partial charge in [0.1, 0.15) is 11.8 Å². The Morgan fingerprint density at radius 2 is 1.95 bits per heavy atom. The molecule has 1 aliphatic rings. The maximum atomic E-state index is 12.6. The molecule has 1 N–H and O–H groups in total. The Labute approximate surface area is 130 Å². The molecule has 1 fully saturated rings. The first-order valence-electron chi connectivity index (χ1n) is 7.83. The summed E-state index contributed by atoms with van der Waals surface area (Å²) in [5.74, 6) is -0.466. The van der Waals surface area contributed by atoms with Crippen LogP contribution in [-0.2, 0) is 4.79 Å². The van der Waals surface area contributed by atoms with Crippen molar-refractivity contribution >= 4 is 11.9 Å². The van der Waals surface area contributed by atoms with Crippen molar-refractivity contribution in [3.63, 3.8) is 0 Å². The summed E-state index contributed by atoms with van der Waals surface area (Å²) >= 11 is 0. The highest BCUT2D eigenvalue weighted by Crippen LogP contribution is 2.30. The van der Waals surface area contributed by atoms with Crippen LogP contribution in [0.4, 0.5) is 0 Å². The lowest BCUT2D eigenvalue weighted by atomic mass is 10.1. The van der Waals surface area contributed by atoms with Crippen LogP contribution in [-0.4, -0.2) is 40.6 Å². The normalized spacial score (nSPS) is 15.2. The largest absolute Gasteiger partial charge is 0.494 e. The van der Waals surface area contributed by atoms with E-state index in [-0.39, 0.29) is 11.9 Å². The maximum Gasteiger partial charge on any atom is 0.326 e. The van der Waals surface area contributed by atoms with Crippen molar-refractivity contribution in [2.75, 3.05) is 6.61 Å². The predicted octanol–water partition coefficient (Wildman–Crippen LogP) is 2.94. The lowest BCUT2D eigenvalue weighted by Crippen LogP contribution is -2.44. The average molecular weight is 305 g/mol. The Bertz CT molecular complexity index is 522. The lowest BCUT2D eigenvalue weighted by Gasteiger charge is -2.26. The zero-order chi connectivity index (χ0) is 16.1. The van der Waals surface area contributed by atoms with Crippen LogP contribution in [0.3, 0.4) is 0 Å². The fourth-order valence-corrected chi connectivity index (χ4v) is 2.31. The van der Waals surface area contributed by atoms with E-state index >= 15 is 0 Å². The first-order valence-corrected chi connectivity index (χ1v) is 7.83. The SMILES string of the molecule is CCCCOc1ccc(C(=O)N(C2CC2)C(C)C(=O)O)cc1. The number of hydrogen-bond acceptors (Lipinski definition) is 3. The maximum absolute atomic E-state index is 12.6. The predicted molar refractivity (Wildman–Crippen MR) is 83.1 cm³/mol. The van der Waals surface area contributed by atoms with Crippen LogP contribution in [0.15, 0.2) is 24.3 Å². The molecular formula is C17H23NO4. The summed E-state index contributed by atoms with van der Waals surface area (Å²) in [6.45, 7) is 4.32. The van der Waals surface area contributed by atoms with Crippen molar-refractivity contribution in [3.05, 3.63) is 29.8 Å². The molecule has 5 nitrogen and oxygen atoms in total. The molecule has 0 aromatic heterocycles.